The third kappa shape index (κ3) is 6.54. The highest BCUT2D eigenvalue weighted by atomic mass is 79.9. The van der Waals surface area contributed by atoms with Gasteiger partial charge in [0.15, 0.2) is 15.8 Å². The molecule has 0 bridgehead atoms. The van der Waals surface area contributed by atoms with Crippen molar-refractivity contribution >= 4 is 84.8 Å². The van der Waals surface area contributed by atoms with Gasteiger partial charge in [-0.2, -0.15) is 0 Å². The number of ketones is 1. The molecule has 4 aromatic rings. The van der Waals surface area contributed by atoms with Gasteiger partial charge in [0, 0.05) is 21.4 Å². The molecule has 0 radical (unpaired) electrons. The Hall–Kier alpha value is -3.29. The number of aromatic hydroxyl groups is 1. The van der Waals surface area contributed by atoms with Crippen LogP contribution in [0.25, 0.3) is 5.76 Å². The van der Waals surface area contributed by atoms with E-state index in [0.29, 0.717) is 43.6 Å². The molecule has 9 nitrogen and oxygen atoms in total. The molecule has 1 aromatic heterocycles. The molecule has 1 fully saturated rings. The number of phenols is 1. The number of hydrogen-bond donors (Lipinski definition) is 2. The van der Waals surface area contributed by atoms with Crippen molar-refractivity contribution in [2.24, 2.45) is 0 Å². The minimum Gasteiger partial charge on any atom is -0.507 e. The van der Waals surface area contributed by atoms with Crippen LogP contribution in [0.5, 0.6) is 17.2 Å². The minimum absolute atomic E-state index is 0.103. The molecule has 1 aliphatic rings. The third-order valence-electron chi connectivity index (χ3n) is 6.60. The number of halogens is 3. The lowest BCUT2D eigenvalue weighted by atomic mass is 9.95. The van der Waals surface area contributed by atoms with E-state index in [9.17, 15) is 19.8 Å². The molecule has 2 N–H and O–H groups in total. The highest BCUT2D eigenvalue weighted by Gasteiger charge is 2.48. The molecule has 14 heteroatoms. The summed E-state index contributed by atoms with van der Waals surface area (Å²) in [5.41, 5.74) is 1.38. The number of carbonyl (C=O) groups excluding carboxylic acids is 2. The molecule has 0 aliphatic carbocycles. The molecule has 5 rings (SSSR count). The summed E-state index contributed by atoms with van der Waals surface area (Å²) in [5, 5.41) is 31.6. The zero-order valence-electron chi connectivity index (χ0n) is 23.2. The second-order valence-corrected chi connectivity index (χ2v) is 13.3. The highest BCUT2D eigenvalue weighted by Crippen LogP contribution is 2.47. The number of ether oxygens (including phenoxy) is 2. The first-order valence-electron chi connectivity index (χ1n) is 13.1. The standard InChI is InChI=1S/C30H24BrCl2N3O6S2/c1-3-10-42-19-8-5-15(6-9-19)25(37)23-24(17-11-20(31)26(38)22(12-17)41-2)36(28(40)27(23)39)29-34-35-30(44-29)43-14-16-4-7-18(32)13-21(16)33/h4-9,11-13,24,37-38H,3,10,14H2,1-2H3/b25-23-. The van der Waals surface area contributed by atoms with Crippen molar-refractivity contribution in [3.05, 3.63) is 91.4 Å². The van der Waals surface area contributed by atoms with Gasteiger partial charge in [0.1, 0.15) is 11.5 Å². The molecule has 1 atom stereocenters. The largest absolute Gasteiger partial charge is 0.507 e. The number of hydrogen-bond acceptors (Lipinski definition) is 10. The molecule has 0 saturated carbocycles. The molecule has 44 heavy (non-hydrogen) atoms. The van der Waals surface area contributed by atoms with Gasteiger partial charge in [-0.25, -0.2) is 0 Å². The van der Waals surface area contributed by atoms with E-state index in [1.165, 1.54) is 29.8 Å². The number of aromatic nitrogens is 2. The number of aliphatic hydroxyl groups excluding tert-OH is 1. The van der Waals surface area contributed by atoms with Gasteiger partial charge in [-0.1, -0.05) is 59.3 Å². The molecule has 2 heterocycles. The summed E-state index contributed by atoms with van der Waals surface area (Å²) in [6, 6.07) is 13.7. The van der Waals surface area contributed by atoms with Crippen LogP contribution in [0.3, 0.4) is 0 Å². The fraction of sp³-hybridized carbons (Fsp3) is 0.200. The first kappa shape index (κ1) is 32.1. The smallest absolute Gasteiger partial charge is 0.301 e. The molecule has 0 spiro atoms. The lowest BCUT2D eigenvalue weighted by Crippen LogP contribution is -2.29. The number of aliphatic hydroxyl groups is 1. The van der Waals surface area contributed by atoms with Crippen molar-refractivity contribution in [2.75, 3.05) is 18.6 Å². The summed E-state index contributed by atoms with van der Waals surface area (Å²) in [7, 11) is 1.38. The summed E-state index contributed by atoms with van der Waals surface area (Å²) in [4.78, 5) is 28.4. The van der Waals surface area contributed by atoms with Crippen molar-refractivity contribution in [2.45, 2.75) is 29.5 Å². The predicted octanol–water partition coefficient (Wildman–Crippen LogP) is 8.03. The number of thioether (sulfide) groups is 1. The minimum atomic E-state index is -1.12. The third-order valence-corrected chi connectivity index (χ3v) is 9.90. The van der Waals surface area contributed by atoms with E-state index in [1.807, 2.05) is 13.0 Å². The van der Waals surface area contributed by atoms with Crippen LogP contribution in [0, 0.1) is 0 Å². The Labute approximate surface area is 279 Å². The Morgan fingerprint density at radius 1 is 1.11 bits per heavy atom. The van der Waals surface area contributed by atoms with Gasteiger partial charge >= 0.3 is 5.91 Å². The van der Waals surface area contributed by atoms with E-state index >= 15 is 0 Å². The van der Waals surface area contributed by atoms with Crippen molar-refractivity contribution in [1.82, 2.24) is 10.2 Å². The number of phenolic OH excluding ortho intramolecular Hbond substituents is 1. The molecule has 1 aliphatic heterocycles. The maximum Gasteiger partial charge on any atom is 0.301 e. The SMILES string of the molecule is CCCOc1ccc(/C(O)=C2/C(=O)C(=O)N(c3nnc(SCc4ccc(Cl)cc4Cl)s3)C2c2cc(Br)c(O)c(OC)c2)cc1. The van der Waals surface area contributed by atoms with Gasteiger partial charge in [-0.15, -0.1) is 10.2 Å². The first-order valence-corrected chi connectivity index (χ1v) is 16.5. The van der Waals surface area contributed by atoms with E-state index in [4.69, 9.17) is 32.7 Å². The Morgan fingerprint density at radius 2 is 1.86 bits per heavy atom. The van der Waals surface area contributed by atoms with Gasteiger partial charge in [0.05, 0.1) is 29.8 Å². The van der Waals surface area contributed by atoms with Crippen LogP contribution < -0.4 is 14.4 Å². The van der Waals surface area contributed by atoms with Crippen LogP contribution >= 0.6 is 62.2 Å². The van der Waals surface area contributed by atoms with Gasteiger partial charge in [0.25, 0.3) is 5.78 Å². The van der Waals surface area contributed by atoms with Crippen LogP contribution in [-0.4, -0.2) is 45.8 Å². The van der Waals surface area contributed by atoms with Gasteiger partial charge in [0.2, 0.25) is 5.13 Å². The average molecular weight is 737 g/mol. The number of Topliss-reactive ketones (excluding diaryl/α,β-unsaturated/α-hetero) is 1. The zero-order chi connectivity index (χ0) is 31.5. The van der Waals surface area contributed by atoms with Crippen LogP contribution in [0.2, 0.25) is 10.0 Å². The van der Waals surface area contributed by atoms with Gasteiger partial charge in [-0.05, 0) is 82.0 Å². The summed E-state index contributed by atoms with van der Waals surface area (Å²) in [6.45, 7) is 2.52. The number of nitrogens with zero attached hydrogens (tertiary/aromatic N) is 3. The van der Waals surface area contributed by atoms with Crippen molar-refractivity contribution in [3.63, 3.8) is 0 Å². The van der Waals surface area contributed by atoms with Crippen LogP contribution in [0.1, 0.15) is 36.1 Å². The second kappa shape index (κ2) is 13.8. The van der Waals surface area contributed by atoms with Crippen molar-refractivity contribution in [1.29, 1.82) is 0 Å². The molecule has 1 unspecified atom stereocenters. The van der Waals surface area contributed by atoms with Crippen LogP contribution in [0.15, 0.2) is 69.0 Å². The topological polar surface area (TPSA) is 122 Å². The highest BCUT2D eigenvalue weighted by molar-refractivity contribution is 9.10. The molecule has 3 aromatic carbocycles. The Kier molecular flexibility index (Phi) is 10.1. The van der Waals surface area contributed by atoms with E-state index in [0.717, 1.165) is 23.3 Å². The van der Waals surface area contributed by atoms with E-state index in [-0.39, 0.29) is 32.4 Å². The van der Waals surface area contributed by atoms with Gasteiger partial charge < -0.3 is 19.7 Å². The zero-order valence-corrected chi connectivity index (χ0v) is 27.9. The molecular weight excluding hydrogens is 713 g/mol. The van der Waals surface area contributed by atoms with Gasteiger partial charge in [-0.3, -0.25) is 14.5 Å². The summed E-state index contributed by atoms with van der Waals surface area (Å²) < 4.78 is 11.8. The normalized spacial score (nSPS) is 16.0. The summed E-state index contributed by atoms with van der Waals surface area (Å²) in [6.07, 6.45) is 0.831. The number of amides is 1. The summed E-state index contributed by atoms with van der Waals surface area (Å²) in [5.74, 6) is -1.16. The second-order valence-electron chi connectivity index (χ2n) is 9.47. The fourth-order valence-electron chi connectivity index (χ4n) is 4.47. The quantitative estimate of drug-likeness (QED) is 0.0548. The van der Waals surface area contributed by atoms with E-state index < -0.39 is 17.7 Å². The predicted molar refractivity (Wildman–Crippen MR) is 175 cm³/mol. The van der Waals surface area contributed by atoms with Crippen molar-refractivity contribution < 1.29 is 29.3 Å². The van der Waals surface area contributed by atoms with Crippen molar-refractivity contribution in [3.8, 4) is 17.2 Å². The fourth-order valence-corrected chi connectivity index (χ4v) is 7.36. The lowest BCUT2D eigenvalue weighted by Gasteiger charge is -2.23. The Morgan fingerprint density at radius 3 is 2.55 bits per heavy atom. The maximum absolute atomic E-state index is 13.6. The monoisotopic (exact) mass is 735 g/mol. The maximum atomic E-state index is 13.6. The number of carbonyl (C=O) groups is 2. The van der Waals surface area contributed by atoms with Crippen LogP contribution in [0.4, 0.5) is 5.13 Å². The molecule has 1 amide bonds. The first-order chi connectivity index (χ1) is 21.1. The number of benzene rings is 3. The van der Waals surface area contributed by atoms with Crippen LogP contribution in [-0.2, 0) is 15.3 Å². The van der Waals surface area contributed by atoms with E-state index in [2.05, 4.69) is 26.1 Å². The lowest BCUT2D eigenvalue weighted by molar-refractivity contribution is -0.132. The molecular formula is C30H24BrCl2N3O6S2. The number of methoxy groups -OCH3 is 1. The number of rotatable bonds is 10. The average Bonchev–Trinajstić information content (AvgIpc) is 3.58. The van der Waals surface area contributed by atoms with E-state index in [1.54, 1.807) is 42.5 Å². The summed E-state index contributed by atoms with van der Waals surface area (Å²) >= 11 is 18.1. The molecule has 228 valence electrons. The Bertz CT molecular complexity index is 1770. The number of anilines is 1. The Balaban J connectivity index is 1.56. The molecule has 1 saturated heterocycles.